The second-order valence-corrected chi connectivity index (χ2v) is 6.78. The molecule has 138 valence electrons. The van der Waals surface area contributed by atoms with Crippen molar-refractivity contribution in [1.82, 2.24) is 5.32 Å². The summed E-state index contributed by atoms with van der Waals surface area (Å²) < 4.78 is 10.7. The molecule has 5 heteroatoms. The minimum absolute atomic E-state index is 0.0229. The second kappa shape index (κ2) is 7.66. The summed E-state index contributed by atoms with van der Waals surface area (Å²) in [4.78, 5) is 24.5. The standard InChI is InChI=1S/C22H21NO4/c24-21(23-19-10-5-8-15-6-1-3-9-18(15)19)14-27-22(25)17-12-16-7-2-4-11-20(16)26-13-17/h1-4,6-7,9,11-12,19H,5,8,10,13-14H2,(H,23,24)/t19-/m0/s1. The number of hydrogen-bond donors (Lipinski definition) is 1. The van der Waals surface area contributed by atoms with E-state index in [4.69, 9.17) is 9.47 Å². The summed E-state index contributed by atoms with van der Waals surface area (Å²) in [7, 11) is 0. The zero-order valence-corrected chi connectivity index (χ0v) is 14.9. The van der Waals surface area contributed by atoms with Crippen LogP contribution in [0.25, 0.3) is 6.08 Å². The third-order valence-corrected chi connectivity index (χ3v) is 4.93. The summed E-state index contributed by atoms with van der Waals surface area (Å²) in [6.45, 7) is -0.149. The Morgan fingerprint density at radius 3 is 2.85 bits per heavy atom. The normalized spacial score (nSPS) is 17.6. The van der Waals surface area contributed by atoms with Crippen LogP contribution in [0.2, 0.25) is 0 Å². The number of aryl methyl sites for hydroxylation is 1. The van der Waals surface area contributed by atoms with E-state index in [0.717, 1.165) is 36.1 Å². The Morgan fingerprint density at radius 2 is 1.93 bits per heavy atom. The van der Waals surface area contributed by atoms with Crippen LogP contribution in [-0.2, 0) is 20.7 Å². The molecule has 2 aliphatic rings. The first-order valence-corrected chi connectivity index (χ1v) is 9.17. The number of carbonyl (C=O) groups is 2. The van der Waals surface area contributed by atoms with E-state index < -0.39 is 5.97 Å². The molecule has 0 saturated heterocycles. The Hall–Kier alpha value is -3.08. The Balaban J connectivity index is 1.34. The van der Waals surface area contributed by atoms with Gasteiger partial charge in [-0.05, 0) is 42.5 Å². The maximum atomic E-state index is 12.3. The number of ether oxygens (including phenoxy) is 2. The molecule has 2 aromatic carbocycles. The lowest BCUT2D eigenvalue weighted by atomic mass is 9.88. The highest BCUT2D eigenvalue weighted by Gasteiger charge is 2.23. The number of amides is 1. The fourth-order valence-electron chi connectivity index (χ4n) is 3.60. The number of para-hydroxylation sites is 1. The molecule has 27 heavy (non-hydrogen) atoms. The first kappa shape index (κ1) is 17.3. The molecular formula is C22H21NO4. The lowest BCUT2D eigenvalue weighted by molar-refractivity contribution is -0.145. The van der Waals surface area contributed by atoms with E-state index in [1.165, 1.54) is 5.56 Å². The first-order valence-electron chi connectivity index (χ1n) is 9.17. The third kappa shape index (κ3) is 3.87. The molecule has 0 fully saturated rings. The largest absolute Gasteiger partial charge is 0.488 e. The molecule has 1 aliphatic heterocycles. The van der Waals surface area contributed by atoms with Gasteiger partial charge in [-0.1, -0.05) is 42.5 Å². The van der Waals surface area contributed by atoms with Gasteiger partial charge in [-0.3, -0.25) is 4.79 Å². The van der Waals surface area contributed by atoms with Crippen LogP contribution in [-0.4, -0.2) is 25.1 Å². The zero-order chi connectivity index (χ0) is 18.6. The van der Waals surface area contributed by atoms with Gasteiger partial charge in [0.25, 0.3) is 5.91 Å². The van der Waals surface area contributed by atoms with Gasteiger partial charge in [0, 0.05) is 5.56 Å². The van der Waals surface area contributed by atoms with E-state index in [1.54, 1.807) is 6.08 Å². The quantitative estimate of drug-likeness (QED) is 0.848. The van der Waals surface area contributed by atoms with Crippen molar-refractivity contribution in [3.05, 3.63) is 70.8 Å². The van der Waals surface area contributed by atoms with E-state index in [9.17, 15) is 9.59 Å². The number of benzene rings is 2. The van der Waals surface area contributed by atoms with Crippen LogP contribution in [0, 0.1) is 0 Å². The molecule has 2 aromatic rings. The highest BCUT2D eigenvalue weighted by atomic mass is 16.5. The van der Waals surface area contributed by atoms with Crippen molar-refractivity contribution in [2.24, 2.45) is 0 Å². The maximum Gasteiger partial charge on any atom is 0.338 e. The topological polar surface area (TPSA) is 64.6 Å². The van der Waals surface area contributed by atoms with Gasteiger partial charge in [0.15, 0.2) is 6.61 Å². The van der Waals surface area contributed by atoms with Crippen LogP contribution in [0.5, 0.6) is 5.75 Å². The summed E-state index contributed by atoms with van der Waals surface area (Å²) >= 11 is 0. The lowest BCUT2D eigenvalue weighted by Gasteiger charge is -2.26. The Morgan fingerprint density at radius 1 is 1.11 bits per heavy atom. The highest BCUT2D eigenvalue weighted by Crippen LogP contribution is 2.29. The minimum atomic E-state index is -0.524. The fraction of sp³-hybridized carbons (Fsp3) is 0.273. The smallest absolute Gasteiger partial charge is 0.338 e. The van der Waals surface area contributed by atoms with Crippen LogP contribution >= 0.6 is 0 Å². The average molecular weight is 363 g/mol. The van der Waals surface area contributed by atoms with Crippen molar-refractivity contribution in [1.29, 1.82) is 0 Å². The SMILES string of the molecule is O=C(COC(=O)C1=Cc2ccccc2OC1)N[C@H]1CCCc2ccccc21. The molecule has 0 radical (unpaired) electrons. The van der Waals surface area contributed by atoms with Crippen molar-refractivity contribution in [3.8, 4) is 5.75 Å². The van der Waals surface area contributed by atoms with E-state index in [0.29, 0.717) is 5.57 Å². The van der Waals surface area contributed by atoms with Crippen molar-refractivity contribution >= 4 is 18.0 Å². The van der Waals surface area contributed by atoms with Crippen molar-refractivity contribution in [2.75, 3.05) is 13.2 Å². The van der Waals surface area contributed by atoms with Gasteiger partial charge >= 0.3 is 5.97 Å². The molecule has 0 spiro atoms. The highest BCUT2D eigenvalue weighted by molar-refractivity contribution is 5.96. The first-order chi connectivity index (χ1) is 13.2. The van der Waals surface area contributed by atoms with Gasteiger partial charge in [-0.25, -0.2) is 4.79 Å². The Labute approximate surface area is 158 Å². The number of nitrogens with one attached hydrogen (secondary N) is 1. The number of fused-ring (bicyclic) bond motifs is 2. The molecule has 0 bridgehead atoms. The molecule has 0 unspecified atom stereocenters. The molecule has 0 aromatic heterocycles. The van der Waals surface area contributed by atoms with E-state index in [2.05, 4.69) is 11.4 Å². The summed E-state index contributed by atoms with van der Waals surface area (Å²) in [6, 6.07) is 15.6. The van der Waals surface area contributed by atoms with Crippen molar-refractivity contribution in [2.45, 2.75) is 25.3 Å². The summed E-state index contributed by atoms with van der Waals surface area (Å²) in [5.74, 6) is -0.0748. The third-order valence-electron chi connectivity index (χ3n) is 4.93. The summed E-state index contributed by atoms with van der Waals surface area (Å²) in [5, 5.41) is 2.98. The minimum Gasteiger partial charge on any atom is -0.488 e. The van der Waals surface area contributed by atoms with Crippen LogP contribution in [0.15, 0.2) is 54.1 Å². The van der Waals surface area contributed by atoms with Gasteiger partial charge in [0.2, 0.25) is 0 Å². The molecule has 1 heterocycles. The molecule has 4 rings (SSSR count). The number of hydrogen-bond acceptors (Lipinski definition) is 4. The molecule has 1 amide bonds. The fourth-order valence-corrected chi connectivity index (χ4v) is 3.60. The van der Waals surface area contributed by atoms with Gasteiger partial charge < -0.3 is 14.8 Å². The van der Waals surface area contributed by atoms with Crippen molar-refractivity contribution < 1.29 is 19.1 Å². The number of rotatable bonds is 4. The molecule has 5 nitrogen and oxygen atoms in total. The van der Waals surface area contributed by atoms with Gasteiger partial charge in [-0.15, -0.1) is 0 Å². The van der Waals surface area contributed by atoms with Crippen molar-refractivity contribution in [3.63, 3.8) is 0 Å². The number of carbonyl (C=O) groups excluding carboxylic acids is 2. The molecule has 1 aliphatic carbocycles. The molecule has 0 saturated carbocycles. The Bertz CT molecular complexity index is 903. The van der Waals surface area contributed by atoms with Crippen LogP contribution in [0.4, 0.5) is 0 Å². The van der Waals surface area contributed by atoms with Gasteiger partial charge in [0.1, 0.15) is 12.4 Å². The van der Waals surface area contributed by atoms with Crippen LogP contribution in [0.1, 0.15) is 35.6 Å². The van der Waals surface area contributed by atoms with E-state index >= 15 is 0 Å². The lowest BCUT2D eigenvalue weighted by Crippen LogP contribution is -2.34. The number of esters is 1. The molecule has 1 atom stereocenters. The van der Waals surface area contributed by atoms with Gasteiger partial charge in [0.05, 0.1) is 11.6 Å². The monoisotopic (exact) mass is 363 g/mol. The van der Waals surface area contributed by atoms with Crippen LogP contribution < -0.4 is 10.1 Å². The zero-order valence-electron chi connectivity index (χ0n) is 14.9. The Kier molecular flexibility index (Phi) is 4.92. The van der Waals surface area contributed by atoms with Crippen LogP contribution in [0.3, 0.4) is 0 Å². The van der Waals surface area contributed by atoms with E-state index in [1.807, 2.05) is 42.5 Å². The predicted molar refractivity (Wildman–Crippen MR) is 101 cm³/mol. The maximum absolute atomic E-state index is 12.3. The summed E-state index contributed by atoms with van der Waals surface area (Å²) in [6.07, 6.45) is 4.71. The van der Waals surface area contributed by atoms with Gasteiger partial charge in [-0.2, -0.15) is 0 Å². The predicted octanol–water partition coefficient (Wildman–Crippen LogP) is 3.20. The van der Waals surface area contributed by atoms with E-state index in [-0.39, 0.29) is 25.2 Å². The molecule has 1 N–H and O–H groups in total. The summed E-state index contributed by atoms with van der Waals surface area (Å²) in [5.41, 5.74) is 3.67. The molecular weight excluding hydrogens is 342 g/mol. The second-order valence-electron chi connectivity index (χ2n) is 6.78. The average Bonchev–Trinajstić information content (AvgIpc) is 2.72.